The number of likely N-dealkylation sites (tertiary alicyclic amines) is 2. The first-order valence-corrected chi connectivity index (χ1v) is 8.90. The molecular formula is C19H25N3O. The van der Waals surface area contributed by atoms with Gasteiger partial charge in [0.05, 0.1) is 0 Å². The fourth-order valence-corrected chi connectivity index (χ4v) is 4.47. The zero-order valence-electron chi connectivity index (χ0n) is 13.8. The van der Waals surface area contributed by atoms with Gasteiger partial charge in [-0.05, 0) is 62.4 Å². The highest BCUT2D eigenvalue weighted by molar-refractivity contribution is 5.98. The highest BCUT2D eigenvalue weighted by Crippen LogP contribution is 2.31. The molecule has 23 heavy (non-hydrogen) atoms. The molecule has 0 unspecified atom stereocenters. The number of nitrogens with zero attached hydrogens (tertiary/aromatic N) is 2. The van der Waals surface area contributed by atoms with Crippen molar-refractivity contribution < 1.29 is 4.79 Å². The molecule has 0 saturated carbocycles. The van der Waals surface area contributed by atoms with Crippen LogP contribution in [-0.4, -0.2) is 52.4 Å². The van der Waals surface area contributed by atoms with E-state index in [1.165, 1.54) is 19.4 Å². The Kier molecular flexibility index (Phi) is 3.85. The summed E-state index contributed by atoms with van der Waals surface area (Å²) in [4.78, 5) is 21.0. The van der Waals surface area contributed by atoms with Crippen LogP contribution in [0.1, 0.15) is 43.0 Å². The van der Waals surface area contributed by atoms with Crippen molar-refractivity contribution in [2.24, 2.45) is 0 Å². The van der Waals surface area contributed by atoms with E-state index in [9.17, 15) is 4.79 Å². The largest absolute Gasteiger partial charge is 0.361 e. The molecule has 1 amide bonds. The number of benzene rings is 1. The van der Waals surface area contributed by atoms with E-state index in [-0.39, 0.29) is 5.91 Å². The first-order valence-electron chi connectivity index (χ1n) is 8.90. The fraction of sp³-hybridized carbons (Fsp3) is 0.526. The number of fused-ring (bicyclic) bond motifs is 1. The number of amides is 1. The zero-order chi connectivity index (χ0) is 15.8. The van der Waals surface area contributed by atoms with Gasteiger partial charge in [0.1, 0.15) is 0 Å². The van der Waals surface area contributed by atoms with Crippen LogP contribution in [0.15, 0.2) is 30.5 Å². The van der Waals surface area contributed by atoms with Crippen molar-refractivity contribution in [1.82, 2.24) is 14.8 Å². The number of nitrogens with one attached hydrogen (secondary N) is 1. The first kappa shape index (κ1) is 14.8. The van der Waals surface area contributed by atoms with Gasteiger partial charge in [-0.3, -0.25) is 9.69 Å². The molecule has 2 saturated heterocycles. The van der Waals surface area contributed by atoms with Crippen molar-refractivity contribution in [3.05, 3.63) is 36.0 Å². The average molecular weight is 311 g/mol. The van der Waals surface area contributed by atoms with E-state index in [1.807, 2.05) is 30.5 Å². The van der Waals surface area contributed by atoms with Gasteiger partial charge in [0, 0.05) is 35.9 Å². The number of carbonyl (C=O) groups excluding carboxylic acids is 1. The van der Waals surface area contributed by atoms with Gasteiger partial charge in [0.25, 0.3) is 5.91 Å². The maximum absolute atomic E-state index is 13.1. The topological polar surface area (TPSA) is 39.3 Å². The van der Waals surface area contributed by atoms with Crippen molar-refractivity contribution in [3.8, 4) is 0 Å². The number of carbonyl (C=O) groups is 1. The number of hydrogen-bond acceptors (Lipinski definition) is 2. The Morgan fingerprint density at radius 3 is 2.87 bits per heavy atom. The Labute approximate surface area is 137 Å². The Hall–Kier alpha value is -1.81. The lowest BCUT2D eigenvalue weighted by Crippen LogP contribution is -2.48. The molecule has 3 heterocycles. The molecule has 1 aromatic heterocycles. The van der Waals surface area contributed by atoms with Gasteiger partial charge in [0.15, 0.2) is 0 Å². The third-order valence-electron chi connectivity index (χ3n) is 5.63. The van der Waals surface area contributed by atoms with Gasteiger partial charge in [0.2, 0.25) is 0 Å². The molecule has 2 aliphatic heterocycles. The second-order valence-corrected chi connectivity index (χ2v) is 6.83. The predicted octanol–water partition coefficient (Wildman–Crippen LogP) is 3.26. The van der Waals surface area contributed by atoms with E-state index in [1.54, 1.807) is 0 Å². The SMILES string of the molecule is CCN1CCC[C@@H]1[C@H]1CCCN1C(=O)c1ccc2cc[nH]c2c1. The molecule has 0 aliphatic carbocycles. The zero-order valence-corrected chi connectivity index (χ0v) is 13.8. The van der Waals surface area contributed by atoms with Crippen LogP contribution in [0.2, 0.25) is 0 Å². The van der Waals surface area contributed by atoms with Crippen LogP contribution in [0.5, 0.6) is 0 Å². The molecule has 122 valence electrons. The summed E-state index contributed by atoms with van der Waals surface area (Å²) < 4.78 is 0. The van der Waals surface area contributed by atoms with Gasteiger partial charge >= 0.3 is 0 Å². The molecule has 1 N–H and O–H groups in total. The summed E-state index contributed by atoms with van der Waals surface area (Å²) in [6.07, 6.45) is 6.71. The highest BCUT2D eigenvalue weighted by atomic mass is 16.2. The summed E-state index contributed by atoms with van der Waals surface area (Å²) in [6, 6.07) is 9.00. The van der Waals surface area contributed by atoms with E-state index in [4.69, 9.17) is 0 Å². The summed E-state index contributed by atoms with van der Waals surface area (Å²) in [5.74, 6) is 0.201. The van der Waals surface area contributed by atoms with Gasteiger partial charge in [-0.15, -0.1) is 0 Å². The summed E-state index contributed by atoms with van der Waals surface area (Å²) >= 11 is 0. The van der Waals surface area contributed by atoms with E-state index in [2.05, 4.69) is 21.7 Å². The van der Waals surface area contributed by atoms with Crippen LogP contribution in [0.3, 0.4) is 0 Å². The maximum Gasteiger partial charge on any atom is 0.254 e. The second kappa shape index (κ2) is 6.00. The number of H-pyrrole nitrogens is 1. The molecule has 4 rings (SSSR count). The molecule has 0 radical (unpaired) electrons. The van der Waals surface area contributed by atoms with Gasteiger partial charge in [-0.2, -0.15) is 0 Å². The van der Waals surface area contributed by atoms with E-state index < -0.39 is 0 Å². The summed E-state index contributed by atoms with van der Waals surface area (Å²) in [6.45, 7) is 5.42. The average Bonchev–Trinajstić information content (AvgIpc) is 3.30. The minimum Gasteiger partial charge on any atom is -0.361 e. The quantitative estimate of drug-likeness (QED) is 0.945. The number of hydrogen-bond donors (Lipinski definition) is 1. The number of aromatic amines is 1. The van der Waals surface area contributed by atoms with Crippen LogP contribution >= 0.6 is 0 Å². The van der Waals surface area contributed by atoms with Crippen LogP contribution in [0.4, 0.5) is 0 Å². The van der Waals surface area contributed by atoms with Crippen LogP contribution in [0.25, 0.3) is 10.9 Å². The monoisotopic (exact) mass is 311 g/mol. The molecule has 0 bridgehead atoms. The molecule has 4 nitrogen and oxygen atoms in total. The van der Waals surface area contributed by atoms with Gasteiger partial charge in [-0.1, -0.05) is 13.0 Å². The van der Waals surface area contributed by atoms with Crippen molar-refractivity contribution in [3.63, 3.8) is 0 Å². The Balaban J connectivity index is 1.59. The Morgan fingerprint density at radius 1 is 1.17 bits per heavy atom. The van der Waals surface area contributed by atoms with Crippen LogP contribution < -0.4 is 0 Å². The minimum atomic E-state index is 0.201. The van der Waals surface area contributed by atoms with Crippen LogP contribution in [-0.2, 0) is 0 Å². The Bertz CT molecular complexity index is 707. The second-order valence-electron chi connectivity index (χ2n) is 6.83. The van der Waals surface area contributed by atoms with Crippen molar-refractivity contribution in [2.45, 2.75) is 44.7 Å². The smallest absolute Gasteiger partial charge is 0.254 e. The normalized spacial score (nSPS) is 25.5. The Morgan fingerprint density at radius 2 is 2.00 bits per heavy atom. The van der Waals surface area contributed by atoms with Gasteiger partial charge in [-0.25, -0.2) is 0 Å². The number of aromatic nitrogens is 1. The van der Waals surface area contributed by atoms with Crippen molar-refractivity contribution >= 4 is 16.8 Å². The predicted molar refractivity (Wildman–Crippen MR) is 92.6 cm³/mol. The summed E-state index contributed by atoms with van der Waals surface area (Å²) in [5, 5.41) is 1.16. The number of rotatable bonds is 3. The maximum atomic E-state index is 13.1. The fourth-order valence-electron chi connectivity index (χ4n) is 4.47. The lowest BCUT2D eigenvalue weighted by atomic mass is 10.0. The lowest BCUT2D eigenvalue weighted by Gasteiger charge is -2.34. The number of likely N-dealkylation sites (N-methyl/N-ethyl adjacent to an activating group) is 1. The van der Waals surface area contributed by atoms with Crippen LogP contribution in [0, 0.1) is 0 Å². The van der Waals surface area contributed by atoms with E-state index >= 15 is 0 Å². The molecular weight excluding hydrogens is 286 g/mol. The molecule has 2 aliphatic rings. The van der Waals surface area contributed by atoms with Crippen molar-refractivity contribution in [2.75, 3.05) is 19.6 Å². The molecule has 1 aromatic carbocycles. The summed E-state index contributed by atoms with van der Waals surface area (Å²) in [7, 11) is 0. The molecule has 2 fully saturated rings. The lowest BCUT2D eigenvalue weighted by molar-refractivity contribution is 0.0650. The van der Waals surface area contributed by atoms with E-state index in [0.29, 0.717) is 12.1 Å². The molecule has 4 heteroatoms. The standard InChI is InChI=1S/C19H25N3O/c1-2-21-11-3-5-17(21)18-6-4-12-22(18)19(23)15-8-7-14-9-10-20-16(14)13-15/h7-10,13,17-18,20H,2-6,11-12H2,1H3/t17-,18-/m1/s1. The third kappa shape index (κ3) is 2.55. The summed E-state index contributed by atoms with van der Waals surface area (Å²) in [5.41, 5.74) is 1.86. The highest BCUT2D eigenvalue weighted by Gasteiger charge is 2.39. The molecule has 2 atom stereocenters. The first-order chi connectivity index (χ1) is 11.3. The van der Waals surface area contributed by atoms with Gasteiger partial charge < -0.3 is 9.88 Å². The minimum absolute atomic E-state index is 0.201. The van der Waals surface area contributed by atoms with E-state index in [0.717, 1.165) is 42.4 Å². The molecule has 0 spiro atoms. The third-order valence-corrected chi connectivity index (χ3v) is 5.63. The molecule has 2 aromatic rings. The van der Waals surface area contributed by atoms with Crippen molar-refractivity contribution in [1.29, 1.82) is 0 Å².